The Balaban J connectivity index is 2.67. The first-order chi connectivity index (χ1) is 9.01. The maximum absolute atomic E-state index is 11.4. The van der Waals surface area contributed by atoms with E-state index in [1.54, 1.807) is 12.1 Å². The van der Waals surface area contributed by atoms with E-state index in [-0.39, 0.29) is 11.5 Å². The van der Waals surface area contributed by atoms with Gasteiger partial charge in [0.2, 0.25) is 0 Å². The highest BCUT2D eigenvalue weighted by molar-refractivity contribution is 7.90. The molecule has 2 unspecified atom stereocenters. The molecule has 0 saturated carbocycles. The monoisotopic (exact) mass is 297 g/mol. The van der Waals surface area contributed by atoms with Crippen LogP contribution in [0.25, 0.3) is 0 Å². The van der Waals surface area contributed by atoms with Crippen molar-refractivity contribution in [3.05, 3.63) is 29.8 Å². The molecule has 0 fully saturated rings. The molecular formula is C16H27NO2S. The Morgan fingerprint density at radius 1 is 1.10 bits per heavy atom. The van der Waals surface area contributed by atoms with Gasteiger partial charge in [0, 0.05) is 12.3 Å². The Kier molecular flexibility index (Phi) is 5.39. The molecule has 1 aromatic rings. The first kappa shape index (κ1) is 17.2. The van der Waals surface area contributed by atoms with E-state index in [1.165, 1.54) is 6.26 Å². The van der Waals surface area contributed by atoms with E-state index >= 15 is 0 Å². The number of rotatable bonds is 5. The molecule has 4 heteroatoms. The van der Waals surface area contributed by atoms with Crippen LogP contribution in [0.3, 0.4) is 0 Å². The lowest BCUT2D eigenvalue weighted by molar-refractivity contribution is 0.247. The van der Waals surface area contributed by atoms with Crippen molar-refractivity contribution >= 4 is 9.84 Å². The zero-order valence-corrected chi connectivity index (χ0v) is 14.2. The summed E-state index contributed by atoms with van der Waals surface area (Å²) in [6.45, 7) is 12.0. The predicted octanol–water partition coefficient (Wildman–Crippen LogP) is 3.42. The first-order valence-electron chi connectivity index (χ1n) is 7.05. The van der Waals surface area contributed by atoms with Crippen molar-refractivity contribution < 1.29 is 8.42 Å². The normalized spacial score (nSPS) is 15.9. The van der Waals surface area contributed by atoms with Crippen LogP contribution in [0.1, 0.15) is 46.2 Å². The lowest BCUT2D eigenvalue weighted by atomic mass is 9.82. The van der Waals surface area contributed by atoms with Crippen LogP contribution in [0.5, 0.6) is 0 Å². The van der Waals surface area contributed by atoms with Gasteiger partial charge in [-0.25, -0.2) is 8.42 Å². The summed E-state index contributed by atoms with van der Waals surface area (Å²) < 4.78 is 22.8. The van der Waals surface area contributed by atoms with Crippen LogP contribution in [0, 0.1) is 11.3 Å². The lowest BCUT2D eigenvalue weighted by Gasteiger charge is -2.29. The quantitative estimate of drug-likeness (QED) is 0.906. The molecule has 3 nitrogen and oxygen atoms in total. The molecule has 0 aliphatic heterocycles. The fraction of sp³-hybridized carbons (Fsp3) is 0.625. The van der Waals surface area contributed by atoms with Gasteiger partial charge in [-0.1, -0.05) is 39.8 Å². The predicted molar refractivity (Wildman–Crippen MR) is 84.6 cm³/mol. The van der Waals surface area contributed by atoms with Gasteiger partial charge in [-0.2, -0.15) is 0 Å². The fourth-order valence-corrected chi connectivity index (χ4v) is 2.41. The molecule has 0 saturated heterocycles. The van der Waals surface area contributed by atoms with Crippen LogP contribution in [-0.2, 0) is 9.84 Å². The van der Waals surface area contributed by atoms with Crippen molar-refractivity contribution in [3.8, 4) is 0 Å². The van der Waals surface area contributed by atoms with Gasteiger partial charge >= 0.3 is 0 Å². The number of hydrogen-bond donors (Lipinski definition) is 1. The summed E-state index contributed by atoms with van der Waals surface area (Å²) in [6.07, 6.45) is 1.23. The second kappa shape index (κ2) is 6.27. The molecule has 1 N–H and O–H groups in total. The molecular weight excluding hydrogens is 270 g/mol. The summed E-state index contributed by atoms with van der Waals surface area (Å²) in [5.74, 6) is 0.570. The Morgan fingerprint density at radius 3 is 2.00 bits per heavy atom. The van der Waals surface area contributed by atoms with Crippen molar-refractivity contribution in [2.45, 2.75) is 45.6 Å². The minimum Gasteiger partial charge on any atom is -0.310 e. The molecule has 0 spiro atoms. The average Bonchev–Trinajstić information content (AvgIpc) is 2.33. The summed E-state index contributed by atoms with van der Waals surface area (Å²) >= 11 is 0. The Bertz CT molecular complexity index is 527. The highest BCUT2D eigenvalue weighted by Crippen LogP contribution is 2.25. The van der Waals surface area contributed by atoms with E-state index in [4.69, 9.17) is 0 Å². The van der Waals surface area contributed by atoms with Crippen LogP contribution in [0.2, 0.25) is 0 Å². The second-order valence-electron chi connectivity index (χ2n) is 6.74. The molecule has 2 atom stereocenters. The van der Waals surface area contributed by atoms with Crippen molar-refractivity contribution in [1.82, 2.24) is 5.32 Å². The minimum atomic E-state index is -3.11. The number of sulfone groups is 1. The maximum atomic E-state index is 11.4. The molecule has 0 amide bonds. The second-order valence-corrected chi connectivity index (χ2v) is 8.75. The molecule has 0 heterocycles. The zero-order chi connectivity index (χ0) is 15.6. The highest BCUT2D eigenvalue weighted by atomic mass is 32.2. The van der Waals surface area contributed by atoms with Crippen LogP contribution in [0.4, 0.5) is 0 Å². The minimum absolute atomic E-state index is 0.216. The van der Waals surface area contributed by atoms with E-state index in [0.717, 1.165) is 12.1 Å². The Morgan fingerprint density at radius 2 is 1.60 bits per heavy atom. The topological polar surface area (TPSA) is 46.2 Å². The van der Waals surface area contributed by atoms with Gasteiger partial charge < -0.3 is 5.32 Å². The van der Waals surface area contributed by atoms with Crippen molar-refractivity contribution in [3.63, 3.8) is 0 Å². The SMILES string of the molecule is CC(NCC(C)C(C)(C)C)c1ccc(S(C)(=O)=O)cc1. The van der Waals surface area contributed by atoms with Gasteiger partial charge in [-0.3, -0.25) is 0 Å². The Labute approximate surface area is 123 Å². The summed E-state index contributed by atoms with van der Waals surface area (Å²) in [4.78, 5) is 0.372. The highest BCUT2D eigenvalue weighted by Gasteiger charge is 2.20. The fourth-order valence-electron chi connectivity index (χ4n) is 1.78. The van der Waals surface area contributed by atoms with Crippen molar-refractivity contribution in [1.29, 1.82) is 0 Å². The van der Waals surface area contributed by atoms with Crippen LogP contribution in [-0.4, -0.2) is 21.2 Å². The zero-order valence-electron chi connectivity index (χ0n) is 13.4. The standard InChI is InChI=1S/C16H27NO2S/c1-12(16(3,4)5)11-17-13(2)14-7-9-15(10-8-14)20(6,18)19/h7-10,12-13,17H,11H2,1-6H3. The van der Waals surface area contributed by atoms with Crippen LogP contribution < -0.4 is 5.32 Å². The molecule has 0 radical (unpaired) electrons. The van der Waals surface area contributed by atoms with E-state index < -0.39 is 9.84 Å². The van der Waals surface area contributed by atoms with Gasteiger partial charge in [0.1, 0.15) is 0 Å². The molecule has 0 bridgehead atoms. The van der Waals surface area contributed by atoms with Crippen LogP contribution in [0.15, 0.2) is 29.2 Å². The average molecular weight is 297 g/mol. The van der Waals surface area contributed by atoms with Crippen molar-refractivity contribution in [2.24, 2.45) is 11.3 Å². The smallest absolute Gasteiger partial charge is 0.175 e. The lowest BCUT2D eigenvalue weighted by Crippen LogP contribution is -2.31. The first-order valence-corrected chi connectivity index (χ1v) is 8.94. The molecule has 1 rings (SSSR count). The third-order valence-electron chi connectivity index (χ3n) is 4.02. The number of nitrogens with one attached hydrogen (secondary N) is 1. The third kappa shape index (κ3) is 4.91. The van der Waals surface area contributed by atoms with Gasteiger partial charge in [0.25, 0.3) is 0 Å². The van der Waals surface area contributed by atoms with E-state index in [9.17, 15) is 8.42 Å². The van der Waals surface area contributed by atoms with Gasteiger partial charge in [-0.15, -0.1) is 0 Å². The molecule has 114 valence electrons. The molecule has 0 aliphatic rings. The number of benzene rings is 1. The van der Waals surface area contributed by atoms with Crippen LogP contribution >= 0.6 is 0 Å². The molecule has 1 aromatic carbocycles. The summed E-state index contributed by atoms with van der Waals surface area (Å²) in [5, 5.41) is 3.51. The van der Waals surface area contributed by atoms with Crippen molar-refractivity contribution in [2.75, 3.05) is 12.8 Å². The molecule has 0 aliphatic carbocycles. The number of hydrogen-bond acceptors (Lipinski definition) is 3. The maximum Gasteiger partial charge on any atom is 0.175 e. The van der Waals surface area contributed by atoms with E-state index in [0.29, 0.717) is 10.8 Å². The van der Waals surface area contributed by atoms with Gasteiger partial charge in [0.15, 0.2) is 9.84 Å². The third-order valence-corrected chi connectivity index (χ3v) is 5.15. The van der Waals surface area contributed by atoms with E-state index in [1.807, 2.05) is 12.1 Å². The summed E-state index contributed by atoms with van der Waals surface area (Å²) in [5.41, 5.74) is 1.39. The Hall–Kier alpha value is -0.870. The molecule has 0 aromatic heterocycles. The largest absolute Gasteiger partial charge is 0.310 e. The van der Waals surface area contributed by atoms with E-state index in [2.05, 4.69) is 39.9 Å². The van der Waals surface area contributed by atoms with Gasteiger partial charge in [0.05, 0.1) is 4.90 Å². The summed E-state index contributed by atoms with van der Waals surface area (Å²) in [7, 11) is -3.11. The molecule has 20 heavy (non-hydrogen) atoms. The summed E-state index contributed by atoms with van der Waals surface area (Å²) in [6, 6.07) is 7.34. The van der Waals surface area contributed by atoms with Gasteiger partial charge in [-0.05, 0) is 42.5 Å².